The van der Waals surface area contributed by atoms with Crippen LogP contribution in [0.1, 0.15) is 112 Å². The second kappa shape index (κ2) is 10.2. The van der Waals surface area contributed by atoms with Crippen LogP contribution in [-0.2, 0) is 19.1 Å². The Hall–Kier alpha value is -1.10. The average Bonchev–Trinajstić information content (AvgIpc) is 3.21. The minimum absolute atomic E-state index is 0.0447. The molecule has 6 unspecified atom stereocenters. The SMILES string of the molecule is CCC(C)(C)C(=O)O[C@H]1CC[C@@]2(C)C(CCC3C2C[C@H](O)[C@]2(C)C(C(C)CCC(=O)OC)CCC32)C1. The third-order valence-electron chi connectivity index (χ3n) is 12.2. The van der Waals surface area contributed by atoms with Crippen LogP contribution in [0.2, 0.25) is 0 Å². The molecule has 0 aromatic carbocycles. The number of carbonyl (C=O) groups is 2. The van der Waals surface area contributed by atoms with Crippen LogP contribution >= 0.6 is 0 Å². The van der Waals surface area contributed by atoms with Crippen molar-refractivity contribution in [3.63, 3.8) is 0 Å². The van der Waals surface area contributed by atoms with Gasteiger partial charge in [0.2, 0.25) is 0 Å². The lowest BCUT2D eigenvalue weighted by atomic mass is 9.43. The van der Waals surface area contributed by atoms with Crippen molar-refractivity contribution in [2.24, 2.45) is 51.8 Å². The molecule has 4 aliphatic rings. The fourth-order valence-electron chi connectivity index (χ4n) is 9.35. The van der Waals surface area contributed by atoms with Crippen LogP contribution in [-0.4, -0.2) is 36.4 Å². The summed E-state index contributed by atoms with van der Waals surface area (Å²) in [5.41, 5.74) is -0.245. The number of ether oxygens (including phenoxy) is 2. The molecule has 10 atom stereocenters. The van der Waals surface area contributed by atoms with E-state index in [1.54, 1.807) is 0 Å². The summed E-state index contributed by atoms with van der Waals surface area (Å²) in [6.45, 7) is 13.2. The minimum Gasteiger partial charge on any atom is -0.469 e. The Morgan fingerprint density at radius 3 is 2.44 bits per heavy atom. The van der Waals surface area contributed by atoms with Gasteiger partial charge in [0.1, 0.15) is 6.10 Å². The van der Waals surface area contributed by atoms with E-state index in [4.69, 9.17) is 9.47 Å². The van der Waals surface area contributed by atoms with Gasteiger partial charge in [0.05, 0.1) is 18.6 Å². The Balaban J connectivity index is 1.46. The van der Waals surface area contributed by atoms with E-state index in [-0.39, 0.29) is 35.0 Å². The topological polar surface area (TPSA) is 72.8 Å². The monoisotopic (exact) mass is 504 g/mol. The van der Waals surface area contributed by atoms with E-state index in [0.29, 0.717) is 41.9 Å². The molecule has 4 saturated carbocycles. The molecule has 206 valence electrons. The first-order valence-electron chi connectivity index (χ1n) is 14.8. The van der Waals surface area contributed by atoms with Gasteiger partial charge in [-0.25, -0.2) is 0 Å². The van der Waals surface area contributed by atoms with E-state index >= 15 is 0 Å². The number of rotatable bonds is 7. The standard InChI is InChI=1S/C31H52O5/c1-8-29(3,4)28(34)36-21-15-16-30(5)20(17-21)10-11-22-24-13-12-23(19(2)9-14-27(33)35-7)31(24,6)26(32)18-25(22)30/h19-26,32H,8-18H2,1-7H3/t19?,20?,21-,22?,23?,24?,25?,26-,30-,31+/m0/s1. The predicted octanol–water partition coefficient (Wildman–Crippen LogP) is 6.55. The van der Waals surface area contributed by atoms with Crippen molar-refractivity contribution >= 4 is 11.9 Å². The molecule has 4 rings (SSSR count). The first-order valence-corrected chi connectivity index (χ1v) is 14.8. The summed E-state index contributed by atoms with van der Waals surface area (Å²) in [7, 11) is 1.46. The third kappa shape index (κ3) is 4.64. The van der Waals surface area contributed by atoms with E-state index in [1.165, 1.54) is 26.4 Å². The normalized spacial score (nSPS) is 43.1. The van der Waals surface area contributed by atoms with E-state index in [2.05, 4.69) is 27.7 Å². The predicted molar refractivity (Wildman–Crippen MR) is 141 cm³/mol. The van der Waals surface area contributed by atoms with Crippen LogP contribution in [0.3, 0.4) is 0 Å². The molecule has 0 aromatic heterocycles. The third-order valence-corrected chi connectivity index (χ3v) is 12.2. The first-order chi connectivity index (χ1) is 16.9. The molecule has 4 fully saturated rings. The van der Waals surface area contributed by atoms with Crippen LogP contribution in [0, 0.1) is 51.8 Å². The van der Waals surface area contributed by atoms with Crippen LogP contribution < -0.4 is 0 Å². The lowest BCUT2D eigenvalue weighted by molar-refractivity contribution is -0.185. The highest BCUT2D eigenvalue weighted by molar-refractivity contribution is 5.76. The van der Waals surface area contributed by atoms with Crippen molar-refractivity contribution in [3.8, 4) is 0 Å². The smallest absolute Gasteiger partial charge is 0.311 e. The first kappa shape index (κ1) is 27.9. The zero-order valence-corrected chi connectivity index (χ0v) is 24.0. The number of methoxy groups -OCH3 is 1. The summed E-state index contributed by atoms with van der Waals surface area (Å²) in [4.78, 5) is 24.5. The van der Waals surface area contributed by atoms with Crippen molar-refractivity contribution in [3.05, 3.63) is 0 Å². The number of esters is 2. The van der Waals surface area contributed by atoms with Gasteiger partial charge in [0.15, 0.2) is 0 Å². The zero-order valence-electron chi connectivity index (χ0n) is 24.0. The number of fused-ring (bicyclic) bond motifs is 5. The Bertz CT molecular complexity index is 822. The quantitative estimate of drug-likeness (QED) is 0.398. The van der Waals surface area contributed by atoms with Gasteiger partial charge >= 0.3 is 11.9 Å². The van der Waals surface area contributed by atoms with Gasteiger partial charge in [-0.15, -0.1) is 0 Å². The minimum atomic E-state index is -0.413. The average molecular weight is 505 g/mol. The molecule has 4 aliphatic carbocycles. The Labute approximate surface area is 219 Å². The molecule has 0 heterocycles. The maximum absolute atomic E-state index is 12.7. The Morgan fingerprint density at radius 1 is 1.06 bits per heavy atom. The van der Waals surface area contributed by atoms with E-state index in [1.807, 2.05) is 13.8 Å². The molecular weight excluding hydrogens is 452 g/mol. The van der Waals surface area contributed by atoms with Crippen LogP contribution in [0.4, 0.5) is 0 Å². The van der Waals surface area contributed by atoms with Crippen molar-refractivity contribution in [2.75, 3.05) is 7.11 Å². The molecule has 0 saturated heterocycles. The maximum atomic E-state index is 12.7. The van der Waals surface area contributed by atoms with Gasteiger partial charge in [0.25, 0.3) is 0 Å². The highest BCUT2D eigenvalue weighted by Crippen LogP contribution is 2.68. The summed E-state index contributed by atoms with van der Waals surface area (Å²) in [5, 5.41) is 11.8. The lowest BCUT2D eigenvalue weighted by Crippen LogP contribution is -2.59. The summed E-state index contributed by atoms with van der Waals surface area (Å²) in [6.07, 6.45) is 10.6. The number of carbonyl (C=O) groups excluding carboxylic acids is 2. The van der Waals surface area contributed by atoms with Crippen LogP contribution in [0.25, 0.3) is 0 Å². The van der Waals surface area contributed by atoms with Crippen molar-refractivity contribution in [1.29, 1.82) is 0 Å². The molecule has 0 aliphatic heterocycles. The number of hydrogen-bond donors (Lipinski definition) is 1. The molecule has 0 amide bonds. The Kier molecular flexibility index (Phi) is 7.93. The van der Waals surface area contributed by atoms with E-state index < -0.39 is 5.41 Å². The molecule has 0 radical (unpaired) electrons. The van der Waals surface area contributed by atoms with Crippen molar-refractivity contribution in [1.82, 2.24) is 0 Å². The van der Waals surface area contributed by atoms with Gasteiger partial charge in [0, 0.05) is 6.42 Å². The fraction of sp³-hybridized carbons (Fsp3) is 0.935. The highest BCUT2D eigenvalue weighted by Gasteiger charge is 2.63. The zero-order chi connectivity index (χ0) is 26.5. The van der Waals surface area contributed by atoms with Crippen LogP contribution in [0.5, 0.6) is 0 Å². The summed E-state index contributed by atoms with van der Waals surface area (Å²) >= 11 is 0. The lowest BCUT2D eigenvalue weighted by Gasteiger charge is -2.62. The molecule has 36 heavy (non-hydrogen) atoms. The molecule has 0 bridgehead atoms. The molecule has 0 spiro atoms. The van der Waals surface area contributed by atoms with Crippen molar-refractivity contribution in [2.45, 2.75) is 124 Å². The molecule has 0 aromatic rings. The van der Waals surface area contributed by atoms with Gasteiger partial charge in [-0.1, -0.05) is 27.7 Å². The number of aliphatic hydroxyl groups is 1. The van der Waals surface area contributed by atoms with Gasteiger partial charge < -0.3 is 14.6 Å². The van der Waals surface area contributed by atoms with E-state index in [9.17, 15) is 14.7 Å². The summed E-state index contributed by atoms with van der Waals surface area (Å²) in [5.74, 6) is 3.07. The van der Waals surface area contributed by atoms with Crippen molar-refractivity contribution < 1.29 is 24.2 Å². The summed E-state index contributed by atoms with van der Waals surface area (Å²) in [6, 6.07) is 0. The maximum Gasteiger partial charge on any atom is 0.311 e. The fourth-order valence-corrected chi connectivity index (χ4v) is 9.35. The van der Waals surface area contributed by atoms with Gasteiger partial charge in [-0.2, -0.15) is 0 Å². The number of aliphatic hydroxyl groups excluding tert-OH is 1. The van der Waals surface area contributed by atoms with Crippen LogP contribution in [0.15, 0.2) is 0 Å². The summed E-state index contributed by atoms with van der Waals surface area (Å²) < 4.78 is 10.9. The number of hydrogen-bond acceptors (Lipinski definition) is 5. The highest BCUT2D eigenvalue weighted by atomic mass is 16.5. The largest absolute Gasteiger partial charge is 0.469 e. The van der Waals surface area contributed by atoms with Gasteiger partial charge in [-0.3, -0.25) is 9.59 Å². The Morgan fingerprint density at radius 2 is 1.78 bits per heavy atom. The molecular formula is C31H52O5. The molecule has 5 heteroatoms. The second-order valence-corrected chi connectivity index (χ2v) is 14.1. The second-order valence-electron chi connectivity index (χ2n) is 14.1. The van der Waals surface area contributed by atoms with E-state index in [0.717, 1.165) is 44.9 Å². The molecule has 1 N–H and O–H groups in total. The molecule has 5 nitrogen and oxygen atoms in total. The van der Waals surface area contributed by atoms with Gasteiger partial charge in [-0.05, 0) is 124 Å².